The summed E-state index contributed by atoms with van der Waals surface area (Å²) in [6.07, 6.45) is 1.74. The number of ketones is 1. The van der Waals surface area contributed by atoms with Gasteiger partial charge in [-0.15, -0.1) is 11.8 Å². The molecule has 0 radical (unpaired) electrons. The zero-order valence-corrected chi connectivity index (χ0v) is 14.0. The molecule has 0 saturated carbocycles. The third kappa shape index (κ3) is 3.36. The lowest BCUT2D eigenvalue weighted by molar-refractivity contribution is -0.137. The van der Waals surface area contributed by atoms with Gasteiger partial charge in [0.2, 0.25) is 0 Å². The third-order valence-electron chi connectivity index (χ3n) is 3.79. The number of hydrogen-bond donors (Lipinski definition) is 1. The number of Topliss-reactive ketones (excluding diaryl/α,β-unsaturated/α-hetero) is 1. The quantitative estimate of drug-likeness (QED) is 0.545. The van der Waals surface area contributed by atoms with Gasteiger partial charge in [-0.25, -0.2) is 0 Å². The summed E-state index contributed by atoms with van der Waals surface area (Å²) in [6, 6.07) is 17.2. The van der Waals surface area contributed by atoms with Crippen molar-refractivity contribution in [3.05, 3.63) is 71.9 Å². The van der Waals surface area contributed by atoms with Crippen LogP contribution in [0.4, 0.5) is 0 Å². The molecule has 0 bridgehead atoms. The molecule has 3 aromatic rings. The zero-order chi connectivity index (χ0) is 16.9. The van der Waals surface area contributed by atoms with E-state index in [-0.39, 0.29) is 17.5 Å². The molecule has 0 fully saturated rings. The van der Waals surface area contributed by atoms with Gasteiger partial charge >= 0.3 is 5.97 Å². The largest absolute Gasteiger partial charge is 0.468 e. The molecule has 1 N–H and O–H groups in total. The summed E-state index contributed by atoms with van der Waals surface area (Å²) in [5.74, 6) is -0.232. The second-order valence-electron chi connectivity index (χ2n) is 5.29. The fourth-order valence-electron chi connectivity index (χ4n) is 2.58. The molecule has 122 valence electrons. The second kappa shape index (κ2) is 7.36. The maximum absolute atomic E-state index is 13.1. The number of H-pyrrole nitrogens is 1. The number of nitrogens with one attached hydrogen (secondary N) is 1. The van der Waals surface area contributed by atoms with Gasteiger partial charge in [0.25, 0.3) is 0 Å². The second-order valence-corrected chi connectivity index (χ2v) is 6.38. The van der Waals surface area contributed by atoms with Crippen LogP contribution in [-0.2, 0) is 9.53 Å². The lowest BCUT2D eigenvalue weighted by Crippen LogP contribution is -2.13. The van der Waals surface area contributed by atoms with E-state index in [9.17, 15) is 9.59 Å². The summed E-state index contributed by atoms with van der Waals surface area (Å²) in [5, 5.41) is 0.437. The Labute approximate surface area is 144 Å². The van der Waals surface area contributed by atoms with Crippen molar-refractivity contribution in [2.45, 2.75) is 5.25 Å². The van der Waals surface area contributed by atoms with Crippen molar-refractivity contribution in [1.82, 2.24) is 4.98 Å². The Morgan fingerprint density at radius 3 is 2.54 bits per heavy atom. The smallest absolute Gasteiger partial charge is 0.315 e. The van der Waals surface area contributed by atoms with E-state index in [1.807, 2.05) is 54.6 Å². The number of benzene rings is 2. The van der Waals surface area contributed by atoms with Crippen LogP contribution >= 0.6 is 11.8 Å². The van der Waals surface area contributed by atoms with E-state index in [1.54, 1.807) is 6.20 Å². The van der Waals surface area contributed by atoms with Crippen molar-refractivity contribution in [3.63, 3.8) is 0 Å². The standard InChI is InChI=1S/C19H17NO3S/c1-23-17(21)12-24-19(13-7-3-2-4-8-13)18(22)15-11-20-16-10-6-5-9-14(15)16/h2-11,19-20H,12H2,1H3. The Bertz CT molecular complexity index is 857. The average Bonchev–Trinajstić information content (AvgIpc) is 3.06. The molecule has 0 aliphatic rings. The van der Waals surface area contributed by atoms with Crippen molar-refractivity contribution in [1.29, 1.82) is 0 Å². The van der Waals surface area contributed by atoms with Crippen molar-refractivity contribution in [2.75, 3.05) is 12.9 Å². The zero-order valence-electron chi connectivity index (χ0n) is 13.2. The number of carbonyl (C=O) groups is 2. The summed E-state index contributed by atoms with van der Waals surface area (Å²) < 4.78 is 4.70. The highest BCUT2D eigenvalue weighted by atomic mass is 32.2. The number of aromatic amines is 1. The first-order chi connectivity index (χ1) is 11.7. The minimum Gasteiger partial charge on any atom is -0.468 e. The average molecular weight is 339 g/mol. The number of fused-ring (bicyclic) bond motifs is 1. The van der Waals surface area contributed by atoms with E-state index in [0.29, 0.717) is 5.56 Å². The highest BCUT2D eigenvalue weighted by Crippen LogP contribution is 2.34. The molecule has 0 aliphatic heterocycles. The number of ether oxygens (including phenoxy) is 1. The molecule has 1 unspecified atom stereocenters. The number of carbonyl (C=O) groups excluding carboxylic acids is 2. The summed E-state index contributed by atoms with van der Waals surface area (Å²) in [6.45, 7) is 0. The topological polar surface area (TPSA) is 59.2 Å². The van der Waals surface area contributed by atoms with Gasteiger partial charge < -0.3 is 9.72 Å². The molecule has 0 amide bonds. The first kappa shape index (κ1) is 16.3. The Morgan fingerprint density at radius 2 is 1.79 bits per heavy atom. The van der Waals surface area contributed by atoms with Crippen molar-refractivity contribution in [3.8, 4) is 0 Å². The van der Waals surface area contributed by atoms with Crippen LogP contribution in [0.1, 0.15) is 21.2 Å². The molecule has 1 atom stereocenters. The molecule has 4 nitrogen and oxygen atoms in total. The molecule has 0 spiro atoms. The number of para-hydroxylation sites is 1. The Balaban J connectivity index is 1.95. The predicted octanol–water partition coefficient (Wildman–Crippen LogP) is 4.00. The van der Waals surface area contributed by atoms with E-state index in [4.69, 9.17) is 4.74 Å². The molecule has 1 heterocycles. The van der Waals surface area contributed by atoms with Crippen LogP contribution in [0.15, 0.2) is 60.8 Å². The van der Waals surface area contributed by atoms with Crippen LogP contribution in [0.25, 0.3) is 10.9 Å². The van der Waals surface area contributed by atoms with Crippen molar-refractivity contribution < 1.29 is 14.3 Å². The first-order valence-electron chi connectivity index (χ1n) is 7.54. The van der Waals surface area contributed by atoms with E-state index < -0.39 is 5.25 Å². The van der Waals surface area contributed by atoms with Gasteiger partial charge in [0.05, 0.1) is 18.1 Å². The summed E-state index contributed by atoms with van der Waals surface area (Å²) >= 11 is 1.28. The maximum Gasteiger partial charge on any atom is 0.315 e. The summed E-state index contributed by atoms with van der Waals surface area (Å²) in [7, 11) is 1.35. The molecule has 0 saturated heterocycles. The molecule has 3 rings (SSSR count). The fourth-order valence-corrected chi connectivity index (χ4v) is 3.63. The number of thioether (sulfide) groups is 1. The van der Waals surface area contributed by atoms with Crippen LogP contribution in [0.2, 0.25) is 0 Å². The van der Waals surface area contributed by atoms with Gasteiger partial charge in [-0.2, -0.15) is 0 Å². The molecule has 1 aromatic heterocycles. The minimum absolute atomic E-state index is 0.0208. The van der Waals surface area contributed by atoms with E-state index in [2.05, 4.69) is 4.98 Å². The van der Waals surface area contributed by atoms with Crippen molar-refractivity contribution >= 4 is 34.4 Å². The summed E-state index contributed by atoms with van der Waals surface area (Å²) in [4.78, 5) is 27.8. The number of aromatic nitrogens is 1. The van der Waals surface area contributed by atoms with Crippen LogP contribution in [0.5, 0.6) is 0 Å². The molecule has 5 heteroatoms. The van der Waals surface area contributed by atoms with E-state index in [1.165, 1.54) is 18.9 Å². The van der Waals surface area contributed by atoms with Crippen LogP contribution in [0, 0.1) is 0 Å². The minimum atomic E-state index is -0.454. The van der Waals surface area contributed by atoms with Gasteiger partial charge in [0.1, 0.15) is 0 Å². The lowest BCUT2D eigenvalue weighted by Gasteiger charge is -2.15. The van der Waals surface area contributed by atoms with E-state index in [0.717, 1.165) is 16.5 Å². The van der Waals surface area contributed by atoms with Gasteiger partial charge in [0, 0.05) is 22.7 Å². The molecule has 24 heavy (non-hydrogen) atoms. The molecule has 2 aromatic carbocycles. The SMILES string of the molecule is COC(=O)CSC(C(=O)c1c[nH]c2ccccc12)c1ccccc1. The van der Waals surface area contributed by atoms with Crippen LogP contribution in [-0.4, -0.2) is 29.6 Å². The Morgan fingerprint density at radius 1 is 1.08 bits per heavy atom. The maximum atomic E-state index is 13.1. The number of methoxy groups -OCH3 is 1. The monoisotopic (exact) mass is 339 g/mol. The van der Waals surface area contributed by atoms with Crippen LogP contribution in [0.3, 0.4) is 0 Å². The lowest BCUT2D eigenvalue weighted by atomic mass is 10.0. The van der Waals surface area contributed by atoms with Crippen LogP contribution < -0.4 is 0 Å². The van der Waals surface area contributed by atoms with E-state index >= 15 is 0 Å². The Hall–Kier alpha value is -2.53. The molecular formula is C19H17NO3S. The Kier molecular flexibility index (Phi) is 5.01. The number of rotatable bonds is 6. The number of hydrogen-bond acceptors (Lipinski definition) is 4. The van der Waals surface area contributed by atoms with Crippen molar-refractivity contribution in [2.24, 2.45) is 0 Å². The fraction of sp³-hybridized carbons (Fsp3) is 0.158. The van der Waals surface area contributed by atoms with Gasteiger partial charge in [0.15, 0.2) is 5.78 Å². The predicted molar refractivity (Wildman–Crippen MR) is 96.3 cm³/mol. The summed E-state index contributed by atoms with van der Waals surface area (Å²) in [5.41, 5.74) is 2.43. The van der Waals surface area contributed by atoms with Gasteiger partial charge in [-0.3, -0.25) is 9.59 Å². The van der Waals surface area contributed by atoms with Gasteiger partial charge in [-0.1, -0.05) is 48.5 Å². The third-order valence-corrected chi connectivity index (χ3v) is 5.01. The highest BCUT2D eigenvalue weighted by molar-refractivity contribution is 8.00. The molecular weight excluding hydrogens is 322 g/mol. The molecule has 0 aliphatic carbocycles. The first-order valence-corrected chi connectivity index (χ1v) is 8.59. The number of esters is 1. The normalized spacial score (nSPS) is 12.0. The highest BCUT2D eigenvalue weighted by Gasteiger charge is 2.25. The van der Waals surface area contributed by atoms with Gasteiger partial charge in [-0.05, 0) is 11.6 Å².